The van der Waals surface area contributed by atoms with Crippen LogP contribution in [0.5, 0.6) is 5.75 Å². The Labute approximate surface area is 198 Å². The molecule has 1 aliphatic rings. The average molecular weight is 460 g/mol. The molecule has 1 unspecified atom stereocenters. The van der Waals surface area contributed by atoms with Gasteiger partial charge in [0.25, 0.3) is 11.7 Å². The lowest BCUT2D eigenvalue weighted by Gasteiger charge is -2.25. The first kappa shape index (κ1) is 23.2. The minimum Gasteiger partial charge on any atom is -0.507 e. The number of benzene rings is 3. The second-order valence-electron chi connectivity index (χ2n) is 8.16. The van der Waals surface area contributed by atoms with Crippen molar-refractivity contribution >= 4 is 17.4 Å². The molecule has 1 fully saturated rings. The number of ether oxygens (including phenoxy) is 1. The smallest absolute Gasteiger partial charge is 0.295 e. The van der Waals surface area contributed by atoms with Crippen LogP contribution in [-0.4, -0.2) is 28.3 Å². The lowest BCUT2D eigenvalue weighted by Crippen LogP contribution is -2.29. The Morgan fingerprint density at radius 1 is 1.00 bits per heavy atom. The zero-order chi connectivity index (χ0) is 24.1. The molecule has 3 aromatic rings. The van der Waals surface area contributed by atoms with Gasteiger partial charge in [0, 0.05) is 17.7 Å². The Kier molecular flexibility index (Phi) is 7.07. The number of hydrogen-bond acceptors (Lipinski definition) is 4. The number of likely N-dealkylation sites (tertiary alicyclic amines) is 1. The van der Waals surface area contributed by atoms with Crippen LogP contribution in [0.2, 0.25) is 0 Å². The largest absolute Gasteiger partial charge is 0.507 e. The number of amides is 1. The van der Waals surface area contributed by atoms with E-state index in [0.29, 0.717) is 17.9 Å². The van der Waals surface area contributed by atoms with Gasteiger partial charge in [-0.05, 0) is 30.2 Å². The number of unbranched alkanes of at least 4 members (excludes halogenated alkanes) is 1. The minimum absolute atomic E-state index is 0.0986. The van der Waals surface area contributed by atoms with Crippen molar-refractivity contribution in [3.05, 3.63) is 107 Å². The van der Waals surface area contributed by atoms with Crippen molar-refractivity contribution in [3.63, 3.8) is 0 Å². The minimum atomic E-state index is -1.06. The number of rotatable bonds is 8. The Hall–Kier alpha value is -3.93. The van der Waals surface area contributed by atoms with Gasteiger partial charge in [0.15, 0.2) is 0 Å². The molecule has 3 aromatic carbocycles. The van der Waals surface area contributed by atoms with E-state index in [9.17, 15) is 19.1 Å². The zero-order valence-corrected chi connectivity index (χ0v) is 18.9. The number of ketones is 1. The van der Waals surface area contributed by atoms with E-state index in [1.54, 1.807) is 36.4 Å². The maximum Gasteiger partial charge on any atom is 0.295 e. The fourth-order valence-corrected chi connectivity index (χ4v) is 4.07. The SMILES string of the molecule is CCCCOc1cccc(/C(O)=C2\C(=O)C(=O)N(Cc3ccccc3)C2c2ccccc2F)c1. The first-order chi connectivity index (χ1) is 16.5. The predicted octanol–water partition coefficient (Wildman–Crippen LogP) is 5.63. The molecule has 0 radical (unpaired) electrons. The maximum atomic E-state index is 14.9. The summed E-state index contributed by atoms with van der Waals surface area (Å²) < 4.78 is 20.6. The maximum absolute atomic E-state index is 14.9. The van der Waals surface area contributed by atoms with Crippen LogP contribution in [0.4, 0.5) is 4.39 Å². The van der Waals surface area contributed by atoms with Crippen molar-refractivity contribution in [3.8, 4) is 5.75 Å². The molecule has 34 heavy (non-hydrogen) atoms. The number of hydrogen-bond donors (Lipinski definition) is 1. The van der Waals surface area contributed by atoms with Gasteiger partial charge in [-0.2, -0.15) is 0 Å². The fourth-order valence-electron chi connectivity index (χ4n) is 4.07. The molecule has 4 rings (SSSR count). The standard InChI is InChI=1S/C28H26FNO4/c1-2-3-16-34-21-13-9-12-20(17-21)26(31)24-25(22-14-7-8-15-23(22)29)30(28(33)27(24)32)18-19-10-5-4-6-11-19/h4-15,17,25,31H,2-3,16,18H2,1H3/b26-24+. The van der Waals surface area contributed by atoms with Crippen LogP contribution in [0, 0.1) is 5.82 Å². The van der Waals surface area contributed by atoms with E-state index in [0.717, 1.165) is 18.4 Å². The summed E-state index contributed by atoms with van der Waals surface area (Å²) in [5, 5.41) is 11.2. The molecule has 0 aromatic heterocycles. The van der Waals surface area contributed by atoms with E-state index in [1.807, 2.05) is 30.3 Å². The van der Waals surface area contributed by atoms with Gasteiger partial charge in [-0.25, -0.2) is 4.39 Å². The Morgan fingerprint density at radius 2 is 1.74 bits per heavy atom. The van der Waals surface area contributed by atoms with Gasteiger partial charge in [-0.3, -0.25) is 9.59 Å². The van der Waals surface area contributed by atoms with Crippen LogP contribution in [-0.2, 0) is 16.1 Å². The molecular formula is C28H26FNO4. The molecule has 0 bridgehead atoms. The number of halogens is 1. The number of aliphatic hydroxyl groups is 1. The summed E-state index contributed by atoms with van der Waals surface area (Å²) in [5.41, 5.74) is 1.12. The average Bonchev–Trinajstić information content (AvgIpc) is 3.10. The monoisotopic (exact) mass is 459 g/mol. The second-order valence-corrected chi connectivity index (χ2v) is 8.16. The van der Waals surface area contributed by atoms with Gasteiger partial charge in [-0.1, -0.05) is 74.0 Å². The second kappa shape index (κ2) is 10.3. The van der Waals surface area contributed by atoms with Crippen molar-refractivity contribution in [2.75, 3.05) is 6.61 Å². The van der Waals surface area contributed by atoms with Gasteiger partial charge in [0.1, 0.15) is 17.3 Å². The van der Waals surface area contributed by atoms with Crippen LogP contribution in [0.1, 0.15) is 42.5 Å². The van der Waals surface area contributed by atoms with Crippen LogP contribution in [0.3, 0.4) is 0 Å². The van der Waals surface area contributed by atoms with Crippen molar-refractivity contribution in [2.24, 2.45) is 0 Å². The van der Waals surface area contributed by atoms with E-state index in [4.69, 9.17) is 4.74 Å². The normalized spacial score (nSPS) is 17.2. The Balaban J connectivity index is 1.80. The number of carbonyl (C=O) groups is 2. The summed E-state index contributed by atoms with van der Waals surface area (Å²) in [6.45, 7) is 2.68. The van der Waals surface area contributed by atoms with Gasteiger partial charge in [0.05, 0.1) is 18.2 Å². The zero-order valence-electron chi connectivity index (χ0n) is 18.9. The Morgan fingerprint density at radius 3 is 2.47 bits per heavy atom. The van der Waals surface area contributed by atoms with Gasteiger partial charge in [-0.15, -0.1) is 0 Å². The van der Waals surface area contributed by atoms with Crippen LogP contribution < -0.4 is 4.74 Å². The predicted molar refractivity (Wildman–Crippen MR) is 128 cm³/mol. The van der Waals surface area contributed by atoms with Crippen LogP contribution >= 0.6 is 0 Å². The molecule has 1 aliphatic heterocycles. The van der Waals surface area contributed by atoms with Gasteiger partial charge >= 0.3 is 0 Å². The topological polar surface area (TPSA) is 66.8 Å². The van der Waals surface area contributed by atoms with Gasteiger partial charge in [0.2, 0.25) is 0 Å². The lowest BCUT2D eigenvalue weighted by atomic mass is 9.94. The summed E-state index contributed by atoms with van der Waals surface area (Å²) in [6.07, 6.45) is 1.86. The number of aliphatic hydroxyl groups excluding tert-OH is 1. The summed E-state index contributed by atoms with van der Waals surface area (Å²) >= 11 is 0. The summed E-state index contributed by atoms with van der Waals surface area (Å²) in [7, 11) is 0. The highest BCUT2D eigenvalue weighted by atomic mass is 19.1. The molecule has 1 N–H and O–H groups in total. The highest BCUT2D eigenvalue weighted by molar-refractivity contribution is 6.46. The third kappa shape index (κ3) is 4.71. The van der Waals surface area contributed by atoms with Crippen LogP contribution in [0.15, 0.2) is 84.4 Å². The van der Waals surface area contributed by atoms with E-state index < -0.39 is 23.5 Å². The van der Waals surface area contributed by atoms with Gasteiger partial charge < -0.3 is 14.7 Å². The lowest BCUT2D eigenvalue weighted by molar-refractivity contribution is -0.140. The quantitative estimate of drug-likeness (QED) is 0.205. The van der Waals surface area contributed by atoms with Crippen molar-refractivity contribution in [1.82, 2.24) is 4.90 Å². The first-order valence-electron chi connectivity index (χ1n) is 11.3. The summed E-state index contributed by atoms with van der Waals surface area (Å²) in [6, 6.07) is 20.8. The van der Waals surface area contributed by atoms with Crippen molar-refractivity contribution in [1.29, 1.82) is 0 Å². The fraction of sp³-hybridized carbons (Fsp3) is 0.214. The highest BCUT2D eigenvalue weighted by Gasteiger charge is 2.46. The van der Waals surface area contributed by atoms with Crippen LogP contribution in [0.25, 0.3) is 5.76 Å². The van der Waals surface area contributed by atoms with E-state index >= 15 is 0 Å². The van der Waals surface area contributed by atoms with Crippen molar-refractivity contribution in [2.45, 2.75) is 32.4 Å². The molecule has 5 nitrogen and oxygen atoms in total. The molecule has 1 amide bonds. The molecule has 0 spiro atoms. The molecule has 1 saturated heterocycles. The third-order valence-electron chi connectivity index (χ3n) is 5.81. The molecule has 6 heteroatoms. The molecule has 1 atom stereocenters. The summed E-state index contributed by atoms with van der Waals surface area (Å²) in [5.74, 6) is -2.01. The molecule has 174 valence electrons. The third-order valence-corrected chi connectivity index (χ3v) is 5.81. The molecule has 0 aliphatic carbocycles. The number of nitrogens with zero attached hydrogens (tertiary/aromatic N) is 1. The van der Waals surface area contributed by atoms with E-state index in [1.165, 1.54) is 17.0 Å². The molecular weight excluding hydrogens is 433 g/mol. The molecule has 0 saturated carbocycles. The highest BCUT2D eigenvalue weighted by Crippen LogP contribution is 2.41. The summed E-state index contributed by atoms with van der Waals surface area (Å²) in [4.78, 5) is 27.5. The molecule has 1 heterocycles. The number of Topliss-reactive ketones (excluding diaryl/α,β-unsaturated/α-hetero) is 1. The van der Waals surface area contributed by atoms with E-state index in [2.05, 4.69) is 6.92 Å². The first-order valence-corrected chi connectivity index (χ1v) is 11.3. The van der Waals surface area contributed by atoms with E-state index in [-0.39, 0.29) is 23.4 Å². The number of carbonyl (C=O) groups excluding carboxylic acids is 2. The Bertz CT molecular complexity index is 1220. The van der Waals surface area contributed by atoms with Crippen molar-refractivity contribution < 1.29 is 23.8 Å².